The van der Waals surface area contributed by atoms with E-state index in [2.05, 4.69) is 54.4 Å². The second-order valence-electron chi connectivity index (χ2n) is 6.25. The molecule has 1 fully saturated rings. The minimum atomic E-state index is 0.0355. The Hall–Kier alpha value is -1.68. The predicted octanol–water partition coefficient (Wildman–Crippen LogP) is 2.92. The first-order valence-corrected chi connectivity index (χ1v) is 7.72. The maximum atomic E-state index is 5.57. The first-order valence-electron chi connectivity index (χ1n) is 7.72. The molecule has 4 heteroatoms. The van der Waals surface area contributed by atoms with Crippen molar-refractivity contribution in [3.05, 3.63) is 46.6 Å². The Kier molecular flexibility index (Phi) is 3.81. The van der Waals surface area contributed by atoms with E-state index in [1.165, 1.54) is 16.7 Å². The van der Waals surface area contributed by atoms with Crippen molar-refractivity contribution in [3.8, 4) is 0 Å². The van der Waals surface area contributed by atoms with Gasteiger partial charge in [0.25, 0.3) is 0 Å². The molecule has 1 aromatic carbocycles. The second kappa shape index (κ2) is 5.60. The van der Waals surface area contributed by atoms with E-state index in [0.29, 0.717) is 0 Å². The fourth-order valence-electron chi connectivity index (χ4n) is 3.27. The van der Waals surface area contributed by atoms with Gasteiger partial charge < -0.3 is 9.84 Å². The Balaban J connectivity index is 1.82. The van der Waals surface area contributed by atoms with Crippen LogP contribution in [0.25, 0.3) is 0 Å². The molecule has 1 unspecified atom stereocenters. The number of rotatable bonds is 4. The summed E-state index contributed by atoms with van der Waals surface area (Å²) in [5.74, 6) is 1.59. The van der Waals surface area contributed by atoms with Gasteiger partial charge in [-0.3, -0.25) is 0 Å². The lowest BCUT2D eigenvalue weighted by molar-refractivity contribution is 0.283. The molecule has 1 aliphatic heterocycles. The normalized spacial score (nSPS) is 21.9. The van der Waals surface area contributed by atoms with Crippen LogP contribution < -0.4 is 5.32 Å². The fraction of sp³-hybridized carbons (Fsp3) is 0.529. The van der Waals surface area contributed by atoms with Gasteiger partial charge in [-0.05, 0) is 38.8 Å². The lowest BCUT2D eigenvalue weighted by Gasteiger charge is -2.20. The van der Waals surface area contributed by atoms with Gasteiger partial charge in [-0.2, -0.15) is 4.98 Å². The van der Waals surface area contributed by atoms with Crippen molar-refractivity contribution < 1.29 is 4.52 Å². The second-order valence-corrected chi connectivity index (χ2v) is 6.25. The summed E-state index contributed by atoms with van der Waals surface area (Å²) in [7, 11) is 0. The molecule has 0 saturated carbocycles. The van der Waals surface area contributed by atoms with Crippen LogP contribution in [0.5, 0.6) is 0 Å². The van der Waals surface area contributed by atoms with Crippen LogP contribution in [0.15, 0.2) is 22.7 Å². The van der Waals surface area contributed by atoms with Gasteiger partial charge in [-0.1, -0.05) is 41.4 Å². The summed E-state index contributed by atoms with van der Waals surface area (Å²) >= 11 is 0. The third kappa shape index (κ3) is 2.86. The minimum Gasteiger partial charge on any atom is -0.339 e. The highest BCUT2D eigenvalue weighted by Gasteiger charge is 2.39. The van der Waals surface area contributed by atoms with E-state index in [1.54, 1.807) is 0 Å². The van der Waals surface area contributed by atoms with Gasteiger partial charge >= 0.3 is 0 Å². The van der Waals surface area contributed by atoms with Crippen LogP contribution in [-0.4, -0.2) is 23.2 Å². The zero-order valence-corrected chi connectivity index (χ0v) is 13.1. The van der Waals surface area contributed by atoms with Gasteiger partial charge in [0.2, 0.25) is 5.89 Å². The van der Waals surface area contributed by atoms with E-state index in [9.17, 15) is 0 Å². The molecule has 3 rings (SSSR count). The Morgan fingerprint density at radius 1 is 1.24 bits per heavy atom. The smallest absolute Gasteiger partial charge is 0.234 e. The highest BCUT2D eigenvalue weighted by molar-refractivity contribution is 5.30. The number of aromatic nitrogens is 2. The average Bonchev–Trinajstić information content (AvgIpc) is 3.06. The van der Waals surface area contributed by atoms with E-state index >= 15 is 0 Å². The number of nitrogens with zero attached hydrogens (tertiary/aromatic N) is 2. The molecule has 1 atom stereocenters. The summed E-state index contributed by atoms with van der Waals surface area (Å²) in [5.41, 5.74) is 3.83. The topological polar surface area (TPSA) is 51.0 Å². The highest BCUT2D eigenvalue weighted by Crippen LogP contribution is 2.32. The number of aryl methyl sites for hydroxylation is 2. The summed E-state index contributed by atoms with van der Waals surface area (Å²) in [6.45, 7) is 8.40. The molecule has 1 aliphatic rings. The van der Waals surface area contributed by atoms with Crippen LogP contribution in [0.1, 0.15) is 48.2 Å². The summed E-state index contributed by atoms with van der Waals surface area (Å²) in [5, 5.41) is 7.60. The highest BCUT2D eigenvalue weighted by atomic mass is 16.5. The summed E-state index contributed by atoms with van der Waals surface area (Å²) < 4.78 is 5.57. The Labute approximate surface area is 126 Å². The molecule has 0 aliphatic carbocycles. The first kappa shape index (κ1) is 14.3. The third-order valence-electron chi connectivity index (χ3n) is 4.49. The Bertz CT molecular complexity index is 606. The standard InChI is InChI=1S/C17H23N3O/c1-4-17(5-6-18-11-17)16-19-15(20-21-16)10-14-8-12(2)7-13(3)9-14/h7-9,18H,4-6,10-11H2,1-3H3. The van der Waals surface area contributed by atoms with E-state index < -0.39 is 0 Å². The molecule has 21 heavy (non-hydrogen) atoms. The number of hydrogen-bond acceptors (Lipinski definition) is 4. The number of benzene rings is 1. The molecule has 0 spiro atoms. The average molecular weight is 285 g/mol. The fourth-order valence-corrected chi connectivity index (χ4v) is 3.27. The van der Waals surface area contributed by atoms with Gasteiger partial charge in [0.1, 0.15) is 0 Å². The van der Waals surface area contributed by atoms with Gasteiger partial charge in [0, 0.05) is 13.0 Å². The molecule has 2 aromatic rings. The molecule has 0 amide bonds. The van der Waals surface area contributed by atoms with Gasteiger partial charge in [0.05, 0.1) is 5.41 Å². The SMILES string of the molecule is CCC1(c2nc(Cc3cc(C)cc(C)c3)no2)CCNC1. The zero-order valence-electron chi connectivity index (χ0n) is 13.1. The van der Waals surface area contributed by atoms with Crippen molar-refractivity contribution in [1.82, 2.24) is 15.5 Å². The molecular weight excluding hydrogens is 262 g/mol. The number of nitrogens with one attached hydrogen (secondary N) is 1. The summed E-state index contributed by atoms with van der Waals surface area (Å²) in [6.07, 6.45) is 2.85. The molecule has 112 valence electrons. The lowest BCUT2D eigenvalue weighted by Crippen LogP contribution is -2.28. The monoisotopic (exact) mass is 285 g/mol. The summed E-state index contributed by atoms with van der Waals surface area (Å²) in [6, 6.07) is 6.56. The molecule has 1 N–H and O–H groups in total. The Morgan fingerprint density at radius 2 is 2.00 bits per heavy atom. The maximum absolute atomic E-state index is 5.57. The van der Waals surface area contributed by atoms with Crippen LogP contribution in [0.4, 0.5) is 0 Å². The van der Waals surface area contributed by atoms with Crippen LogP contribution in [-0.2, 0) is 11.8 Å². The zero-order chi connectivity index (χ0) is 14.9. The molecule has 1 aromatic heterocycles. The molecule has 1 saturated heterocycles. The third-order valence-corrected chi connectivity index (χ3v) is 4.49. The summed E-state index contributed by atoms with van der Waals surface area (Å²) in [4.78, 5) is 4.67. The Morgan fingerprint density at radius 3 is 2.62 bits per heavy atom. The van der Waals surface area contributed by atoms with Crippen LogP contribution in [0, 0.1) is 13.8 Å². The van der Waals surface area contributed by atoms with Gasteiger partial charge in [-0.15, -0.1) is 0 Å². The van der Waals surface area contributed by atoms with Crippen LogP contribution >= 0.6 is 0 Å². The van der Waals surface area contributed by atoms with Crippen molar-refractivity contribution in [2.75, 3.05) is 13.1 Å². The van der Waals surface area contributed by atoms with E-state index in [-0.39, 0.29) is 5.41 Å². The molecule has 0 radical (unpaired) electrons. The van der Waals surface area contributed by atoms with Gasteiger partial charge in [-0.25, -0.2) is 0 Å². The molecular formula is C17H23N3O. The lowest BCUT2D eigenvalue weighted by atomic mass is 9.84. The molecule has 0 bridgehead atoms. The van der Waals surface area contributed by atoms with Crippen molar-refractivity contribution in [2.24, 2.45) is 0 Å². The minimum absolute atomic E-state index is 0.0355. The quantitative estimate of drug-likeness (QED) is 0.938. The number of hydrogen-bond donors (Lipinski definition) is 1. The van der Waals surface area contributed by atoms with E-state index in [0.717, 1.165) is 44.1 Å². The van der Waals surface area contributed by atoms with Crippen molar-refractivity contribution in [1.29, 1.82) is 0 Å². The molecule has 2 heterocycles. The van der Waals surface area contributed by atoms with Crippen molar-refractivity contribution in [2.45, 2.75) is 45.4 Å². The largest absolute Gasteiger partial charge is 0.339 e. The maximum Gasteiger partial charge on any atom is 0.234 e. The van der Waals surface area contributed by atoms with Crippen LogP contribution in [0.2, 0.25) is 0 Å². The van der Waals surface area contributed by atoms with E-state index in [1.807, 2.05) is 0 Å². The predicted molar refractivity (Wildman–Crippen MR) is 82.5 cm³/mol. The van der Waals surface area contributed by atoms with E-state index in [4.69, 9.17) is 4.52 Å². The van der Waals surface area contributed by atoms with Crippen molar-refractivity contribution >= 4 is 0 Å². The van der Waals surface area contributed by atoms with Gasteiger partial charge in [0.15, 0.2) is 5.82 Å². The van der Waals surface area contributed by atoms with Crippen LogP contribution in [0.3, 0.4) is 0 Å². The molecule has 4 nitrogen and oxygen atoms in total. The van der Waals surface area contributed by atoms with Crippen molar-refractivity contribution in [3.63, 3.8) is 0 Å². The first-order chi connectivity index (χ1) is 10.1.